The third-order valence-corrected chi connectivity index (χ3v) is 3.82. The first-order valence-corrected chi connectivity index (χ1v) is 5.92. The summed E-state index contributed by atoms with van der Waals surface area (Å²) in [6, 6.07) is 4.94. The molecule has 2 aliphatic heterocycles. The van der Waals surface area contributed by atoms with E-state index in [0.717, 1.165) is 18.7 Å². The number of nitrogens with zero attached hydrogens (tertiary/aromatic N) is 1. The Balaban J connectivity index is 2.13. The van der Waals surface area contributed by atoms with E-state index in [2.05, 4.69) is 17.3 Å². The van der Waals surface area contributed by atoms with Crippen molar-refractivity contribution in [2.24, 2.45) is 5.92 Å². The van der Waals surface area contributed by atoms with Gasteiger partial charge in [-0.1, -0.05) is 12.1 Å². The van der Waals surface area contributed by atoms with E-state index in [1.165, 1.54) is 6.07 Å². The fraction of sp³-hybridized carbons (Fsp3) is 0.462. The van der Waals surface area contributed by atoms with Gasteiger partial charge in [-0.05, 0) is 24.6 Å². The molecule has 1 saturated heterocycles. The number of carbonyl (C=O) groups excluding carboxylic acids is 1. The van der Waals surface area contributed by atoms with Crippen molar-refractivity contribution in [2.45, 2.75) is 5.92 Å². The maximum atomic E-state index is 13.8. The van der Waals surface area contributed by atoms with Crippen LogP contribution < -0.4 is 5.32 Å². The maximum Gasteiger partial charge on any atom is 0.254 e. The fourth-order valence-corrected chi connectivity index (χ4v) is 3.05. The van der Waals surface area contributed by atoms with E-state index in [-0.39, 0.29) is 17.4 Å². The summed E-state index contributed by atoms with van der Waals surface area (Å²) in [5.41, 5.74) is 1.12. The van der Waals surface area contributed by atoms with Crippen LogP contribution in [0.3, 0.4) is 0 Å². The molecule has 17 heavy (non-hydrogen) atoms. The summed E-state index contributed by atoms with van der Waals surface area (Å²) < 4.78 is 13.8. The van der Waals surface area contributed by atoms with E-state index in [1.807, 2.05) is 6.07 Å². The van der Waals surface area contributed by atoms with Crippen molar-refractivity contribution < 1.29 is 9.18 Å². The van der Waals surface area contributed by atoms with E-state index in [0.29, 0.717) is 12.5 Å². The minimum Gasteiger partial charge on any atom is -0.352 e. The van der Waals surface area contributed by atoms with Gasteiger partial charge in [-0.15, -0.1) is 0 Å². The smallest absolute Gasteiger partial charge is 0.254 e. The Morgan fingerprint density at radius 1 is 1.41 bits per heavy atom. The van der Waals surface area contributed by atoms with E-state index in [9.17, 15) is 9.18 Å². The van der Waals surface area contributed by atoms with Crippen molar-refractivity contribution in [2.75, 3.05) is 26.7 Å². The Morgan fingerprint density at radius 2 is 2.24 bits per heavy atom. The second kappa shape index (κ2) is 3.81. The molecule has 0 bridgehead atoms. The molecule has 0 aromatic heterocycles. The molecule has 1 amide bonds. The van der Waals surface area contributed by atoms with Crippen molar-refractivity contribution in [1.29, 1.82) is 0 Å². The highest BCUT2D eigenvalue weighted by molar-refractivity contribution is 5.96. The molecule has 1 aromatic carbocycles. The van der Waals surface area contributed by atoms with Crippen LogP contribution in [0.25, 0.3) is 0 Å². The van der Waals surface area contributed by atoms with Gasteiger partial charge in [0.1, 0.15) is 5.82 Å². The van der Waals surface area contributed by atoms with E-state index in [4.69, 9.17) is 0 Å². The van der Waals surface area contributed by atoms with Gasteiger partial charge < -0.3 is 10.2 Å². The van der Waals surface area contributed by atoms with Crippen molar-refractivity contribution >= 4 is 5.91 Å². The zero-order valence-corrected chi connectivity index (χ0v) is 9.74. The Kier molecular flexibility index (Phi) is 2.40. The number of halogens is 1. The van der Waals surface area contributed by atoms with E-state index in [1.54, 1.807) is 6.07 Å². The monoisotopic (exact) mass is 234 g/mol. The SMILES string of the molecule is CN1C[C@@H]2CNC(=O)c3c(F)cccc3[C@H]2C1. The van der Waals surface area contributed by atoms with Gasteiger partial charge in [-0.25, -0.2) is 4.39 Å². The van der Waals surface area contributed by atoms with Gasteiger partial charge in [-0.2, -0.15) is 0 Å². The van der Waals surface area contributed by atoms with Crippen molar-refractivity contribution in [3.05, 3.63) is 35.1 Å². The minimum atomic E-state index is -0.407. The number of fused-ring (bicyclic) bond motifs is 3. The molecule has 2 aliphatic rings. The minimum absolute atomic E-state index is 0.246. The number of nitrogens with one attached hydrogen (secondary N) is 1. The van der Waals surface area contributed by atoms with Crippen LogP contribution >= 0.6 is 0 Å². The van der Waals surface area contributed by atoms with Crippen LogP contribution in [0.15, 0.2) is 18.2 Å². The molecule has 3 rings (SSSR count). The Labute approximate surface area is 99.6 Å². The molecular weight excluding hydrogens is 219 g/mol. The molecule has 4 heteroatoms. The number of rotatable bonds is 0. The molecule has 90 valence electrons. The predicted octanol–water partition coefficient (Wildman–Crippen LogP) is 1.21. The lowest BCUT2D eigenvalue weighted by Crippen LogP contribution is -2.29. The summed E-state index contributed by atoms with van der Waals surface area (Å²) in [7, 11) is 2.06. The van der Waals surface area contributed by atoms with Crippen LogP contribution in [0.5, 0.6) is 0 Å². The normalized spacial score (nSPS) is 28.2. The second-order valence-corrected chi connectivity index (χ2v) is 5.00. The van der Waals surface area contributed by atoms with Crippen LogP contribution in [-0.2, 0) is 0 Å². The maximum absolute atomic E-state index is 13.8. The molecule has 0 spiro atoms. The molecule has 0 saturated carbocycles. The lowest BCUT2D eigenvalue weighted by molar-refractivity contribution is 0.0947. The van der Waals surface area contributed by atoms with Gasteiger partial charge in [0.05, 0.1) is 5.56 Å². The van der Waals surface area contributed by atoms with Crippen LogP contribution in [0.1, 0.15) is 21.8 Å². The van der Waals surface area contributed by atoms with Crippen molar-refractivity contribution in [3.63, 3.8) is 0 Å². The summed E-state index contributed by atoms with van der Waals surface area (Å²) >= 11 is 0. The first kappa shape index (κ1) is 10.7. The summed E-state index contributed by atoms with van der Waals surface area (Å²) in [4.78, 5) is 14.1. The van der Waals surface area contributed by atoms with Gasteiger partial charge in [0.2, 0.25) is 0 Å². The highest BCUT2D eigenvalue weighted by Gasteiger charge is 2.37. The second-order valence-electron chi connectivity index (χ2n) is 5.00. The van der Waals surface area contributed by atoms with Gasteiger partial charge in [-0.3, -0.25) is 4.79 Å². The van der Waals surface area contributed by atoms with Gasteiger partial charge >= 0.3 is 0 Å². The average Bonchev–Trinajstić information content (AvgIpc) is 2.61. The largest absolute Gasteiger partial charge is 0.352 e. The molecule has 1 aromatic rings. The van der Waals surface area contributed by atoms with E-state index >= 15 is 0 Å². The molecule has 2 atom stereocenters. The quantitative estimate of drug-likeness (QED) is 0.732. The number of likely N-dealkylation sites (N-methyl/N-ethyl adjacent to an activating group) is 1. The first-order chi connectivity index (χ1) is 8.16. The molecule has 0 radical (unpaired) electrons. The number of hydrogen-bond acceptors (Lipinski definition) is 2. The zero-order valence-electron chi connectivity index (χ0n) is 9.74. The summed E-state index contributed by atoms with van der Waals surface area (Å²) in [5.74, 6) is -0.0120. The van der Waals surface area contributed by atoms with Crippen LogP contribution in [0.4, 0.5) is 4.39 Å². The predicted molar refractivity (Wildman–Crippen MR) is 62.5 cm³/mol. The van der Waals surface area contributed by atoms with Crippen LogP contribution in [0.2, 0.25) is 0 Å². The third-order valence-electron chi connectivity index (χ3n) is 3.82. The van der Waals surface area contributed by atoms with Gasteiger partial charge in [0.25, 0.3) is 5.91 Å². The lowest BCUT2D eigenvalue weighted by atomic mass is 9.87. The van der Waals surface area contributed by atoms with Crippen molar-refractivity contribution in [1.82, 2.24) is 10.2 Å². The molecule has 0 aliphatic carbocycles. The number of likely N-dealkylation sites (tertiary alicyclic amines) is 1. The van der Waals surface area contributed by atoms with Gasteiger partial charge in [0.15, 0.2) is 0 Å². The number of hydrogen-bond donors (Lipinski definition) is 1. The molecule has 2 heterocycles. The van der Waals surface area contributed by atoms with Crippen molar-refractivity contribution in [3.8, 4) is 0 Å². The molecule has 1 N–H and O–H groups in total. The standard InChI is InChI=1S/C13H15FN2O/c1-16-6-8-5-15-13(17)12-9(10(8)7-16)3-2-4-11(12)14/h2-4,8,10H,5-7H2,1H3,(H,15,17)/t8-,10-/m0/s1. The van der Waals surface area contributed by atoms with E-state index < -0.39 is 5.82 Å². The number of benzene rings is 1. The average molecular weight is 234 g/mol. The highest BCUT2D eigenvalue weighted by atomic mass is 19.1. The molecule has 0 unspecified atom stereocenters. The van der Waals surface area contributed by atoms with Crippen LogP contribution in [-0.4, -0.2) is 37.5 Å². The Hall–Kier alpha value is -1.42. The molecule has 3 nitrogen and oxygen atoms in total. The lowest BCUT2D eigenvalue weighted by Gasteiger charge is -2.16. The molecular formula is C13H15FN2O. The summed E-state index contributed by atoms with van der Waals surface area (Å²) in [5, 5.41) is 2.83. The highest BCUT2D eigenvalue weighted by Crippen LogP contribution is 2.36. The van der Waals surface area contributed by atoms with Crippen LogP contribution in [0, 0.1) is 11.7 Å². The van der Waals surface area contributed by atoms with Gasteiger partial charge in [0, 0.05) is 25.6 Å². The topological polar surface area (TPSA) is 32.3 Å². The first-order valence-electron chi connectivity index (χ1n) is 5.92. The number of amides is 1. The fourth-order valence-electron chi connectivity index (χ4n) is 3.05. The summed E-state index contributed by atoms with van der Waals surface area (Å²) in [6.07, 6.45) is 0. The number of carbonyl (C=O) groups is 1. The summed E-state index contributed by atoms with van der Waals surface area (Å²) in [6.45, 7) is 2.50. The third kappa shape index (κ3) is 1.63. The Bertz CT molecular complexity index is 474. The molecule has 1 fully saturated rings. The Morgan fingerprint density at radius 3 is 3.06 bits per heavy atom. The zero-order chi connectivity index (χ0) is 12.0.